The molecule has 0 spiro atoms. The number of halogens is 3. The smallest absolute Gasteiger partial charge is 0.226 e. The SMILES string of the molecule is Cc1nn(Cc2ccc(Cl)c(Cl)c2)c(C)c1NC(=O)CCn1ncc(Br)c1C. The number of anilines is 1. The van der Waals surface area contributed by atoms with Crippen LogP contribution in [0.2, 0.25) is 10.0 Å². The maximum absolute atomic E-state index is 12.4. The summed E-state index contributed by atoms with van der Waals surface area (Å²) in [6, 6.07) is 5.50. The first-order chi connectivity index (χ1) is 13.3. The monoisotopic (exact) mass is 483 g/mol. The van der Waals surface area contributed by atoms with Gasteiger partial charge < -0.3 is 5.32 Å². The van der Waals surface area contributed by atoms with Crippen LogP contribution in [0.5, 0.6) is 0 Å². The number of hydrogen-bond donors (Lipinski definition) is 1. The van der Waals surface area contributed by atoms with Crippen molar-refractivity contribution in [1.82, 2.24) is 19.6 Å². The van der Waals surface area contributed by atoms with Crippen LogP contribution in [0.4, 0.5) is 5.69 Å². The fourth-order valence-electron chi connectivity index (χ4n) is 2.90. The largest absolute Gasteiger partial charge is 0.323 e. The summed E-state index contributed by atoms with van der Waals surface area (Å²) in [6.45, 7) is 6.82. The zero-order valence-electron chi connectivity index (χ0n) is 15.8. The molecule has 0 aliphatic heterocycles. The fraction of sp³-hybridized carbons (Fsp3) is 0.316. The topological polar surface area (TPSA) is 64.7 Å². The third kappa shape index (κ3) is 4.59. The summed E-state index contributed by atoms with van der Waals surface area (Å²) >= 11 is 15.5. The molecule has 0 fully saturated rings. The number of carbonyl (C=O) groups is 1. The molecule has 0 saturated carbocycles. The molecule has 148 valence electrons. The van der Waals surface area contributed by atoms with Gasteiger partial charge in [0.25, 0.3) is 0 Å². The maximum atomic E-state index is 12.4. The molecule has 0 radical (unpaired) electrons. The molecule has 1 amide bonds. The summed E-state index contributed by atoms with van der Waals surface area (Å²) in [5, 5.41) is 12.8. The lowest BCUT2D eigenvalue weighted by molar-refractivity contribution is -0.116. The molecule has 9 heteroatoms. The van der Waals surface area contributed by atoms with Gasteiger partial charge in [0, 0.05) is 12.1 Å². The van der Waals surface area contributed by atoms with E-state index in [-0.39, 0.29) is 5.91 Å². The average Bonchev–Trinajstić information content (AvgIpc) is 3.10. The van der Waals surface area contributed by atoms with Gasteiger partial charge in [0.05, 0.1) is 50.9 Å². The van der Waals surface area contributed by atoms with E-state index in [1.54, 1.807) is 16.9 Å². The first kappa shape index (κ1) is 20.9. The second-order valence-corrected chi connectivity index (χ2v) is 8.22. The lowest BCUT2D eigenvalue weighted by Gasteiger charge is -2.09. The van der Waals surface area contributed by atoms with E-state index in [4.69, 9.17) is 23.2 Å². The Morgan fingerprint density at radius 1 is 1.14 bits per heavy atom. The molecule has 1 N–H and O–H groups in total. The van der Waals surface area contributed by atoms with E-state index >= 15 is 0 Å². The molecule has 0 bridgehead atoms. The Hall–Kier alpha value is -1.83. The highest BCUT2D eigenvalue weighted by Crippen LogP contribution is 2.25. The van der Waals surface area contributed by atoms with E-state index in [0.29, 0.717) is 29.6 Å². The van der Waals surface area contributed by atoms with Crippen molar-refractivity contribution in [3.05, 3.63) is 61.6 Å². The van der Waals surface area contributed by atoms with Crippen LogP contribution in [0.1, 0.15) is 29.1 Å². The summed E-state index contributed by atoms with van der Waals surface area (Å²) in [5.41, 5.74) is 4.37. The average molecular weight is 485 g/mol. The molecule has 0 saturated heterocycles. The van der Waals surface area contributed by atoms with Crippen molar-refractivity contribution in [3.63, 3.8) is 0 Å². The van der Waals surface area contributed by atoms with Crippen molar-refractivity contribution in [2.24, 2.45) is 0 Å². The molecule has 0 unspecified atom stereocenters. The Balaban J connectivity index is 1.68. The fourth-order valence-corrected chi connectivity index (χ4v) is 3.52. The van der Waals surface area contributed by atoms with Gasteiger partial charge in [-0.3, -0.25) is 14.2 Å². The minimum Gasteiger partial charge on any atom is -0.323 e. The van der Waals surface area contributed by atoms with Crippen LogP contribution in [0.25, 0.3) is 0 Å². The van der Waals surface area contributed by atoms with Crippen molar-refractivity contribution < 1.29 is 4.79 Å². The predicted octanol–water partition coefficient (Wildman–Crippen LogP) is 5.15. The van der Waals surface area contributed by atoms with Crippen LogP contribution in [0, 0.1) is 20.8 Å². The van der Waals surface area contributed by atoms with Gasteiger partial charge in [-0.15, -0.1) is 0 Å². The molecule has 0 aliphatic rings. The highest BCUT2D eigenvalue weighted by atomic mass is 79.9. The lowest BCUT2D eigenvalue weighted by Crippen LogP contribution is -2.16. The highest BCUT2D eigenvalue weighted by Gasteiger charge is 2.15. The van der Waals surface area contributed by atoms with Crippen LogP contribution in [-0.4, -0.2) is 25.5 Å². The summed E-state index contributed by atoms with van der Waals surface area (Å²) in [7, 11) is 0. The van der Waals surface area contributed by atoms with Gasteiger partial charge in [-0.25, -0.2) is 0 Å². The Bertz CT molecular complexity index is 1030. The van der Waals surface area contributed by atoms with Crippen LogP contribution < -0.4 is 5.32 Å². The summed E-state index contributed by atoms with van der Waals surface area (Å²) < 4.78 is 4.58. The minimum atomic E-state index is -0.0775. The Morgan fingerprint density at radius 3 is 2.54 bits per heavy atom. The zero-order chi connectivity index (χ0) is 20.4. The van der Waals surface area contributed by atoms with Crippen molar-refractivity contribution in [3.8, 4) is 0 Å². The van der Waals surface area contributed by atoms with E-state index < -0.39 is 0 Å². The van der Waals surface area contributed by atoms with Gasteiger partial charge in [0.1, 0.15) is 0 Å². The van der Waals surface area contributed by atoms with Crippen LogP contribution >= 0.6 is 39.1 Å². The van der Waals surface area contributed by atoms with Gasteiger partial charge >= 0.3 is 0 Å². The number of benzene rings is 1. The number of carbonyl (C=O) groups excluding carboxylic acids is 1. The Morgan fingerprint density at radius 2 is 1.89 bits per heavy atom. The van der Waals surface area contributed by atoms with Gasteiger partial charge in [-0.05, 0) is 54.4 Å². The van der Waals surface area contributed by atoms with Gasteiger partial charge in [-0.2, -0.15) is 10.2 Å². The summed E-state index contributed by atoms with van der Waals surface area (Å²) in [6.07, 6.45) is 2.06. The number of nitrogens with one attached hydrogen (secondary N) is 1. The zero-order valence-corrected chi connectivity index (χ0v) is 18.9. The van der Waals surface area contributed by atoms with Crippen LogP contribution in [-0.2, 0) is 17.9 Å². The first-order valence-electron chi connectivity index (χ1n) is 8.72. The standard InChI is InChI=1S/C19H20BrCl2N5O/c1-11-19(24-18(28)6-7-26-12(2)15(20)9-23-26)13(3)27(25-11)10-14-4-5-16(21)17(22)8-14/h4-5,8-9H,6-7,10H2,1-3H3,(H,24,28). The van der Waals surface area contributed by atoms with Crippen molar-refractivity contribution in [2.75, 3.05) is 5.32 Å². The van der Waals surface area contributed by atoms with Crippen molar-refractivity contribution in [2.45, 2.75) is 40.3 Å². The normalized spacial score (nSPS) is 11.1. The number of amides is 1. The number of aryl methyl sites for hydroxylation is 2. The van der Waals surface area contributed by atoms with E-state index in [9.17, 15) is 4.79 Å². The predicted molar refractivity (Wildman–Crippen MR) is 115 cm³/mol. The van der Waals surface area contributed by atoms with E-state index in [1.807, 2.05) is 37.6 Å². The molecule has 6 nitrogen and oxygen atoms in total. The molecule has 28 heavy (non-hydrogen) atoms. The molecular formula is C19H20BrCl2N5O. The molecule has 1 aromatic carbocycles. The maximum Gasteiger partial charge on any atom is 0.226 e. The Labute approximate surface area is 182 Å². The number of aromatic nitrogens is 4. The van der Waals surface area contributed by atoms with Crippen molar-refractivity contribution in [1.29, 1.82) is 0 Å². The quantitative estimate of drug-likeness (QED) is 0.526. The number of rotatable bonds is 6. The number of nitrogens with zero attached hydrogens (tertiary/aromatic N) is 4. The molecule has 2 aromatic heterocycles. The Kier molecular flexibility index (Phi) is 6.47. The lowest BCUT2D eigenvalue weighted by atomic mass is 10.2. The van der Waals surface area contributed by atoms with E-state index in [0.717, 1.165) is 32.8 Å². The van der Waals surface area contributed by atoms with Crippen LogP contribution in [0.3, 0.4) is 0 Å². The summed E-state index contributed by atoms with van der Waals surface area (Å²) in [4.78, 5) is 12.4. The molecule has 0 aliphatic carbocycles. The molecule has 2 heterocycles. The third-order valence-corrected chi connectivity index (χ3v) is 6.07. The van der Waals surface area contributed by atoms with Gasteiger partial charge in [-0.1, -0.05) is 29.3 Å². The first-order valence-corrected chi connectivity index (χ1v) is 10.3. The van der Waals surface area contributed by atoms with Gasteiger partial charge in [0.15, 0.2) is 0 Å². The van der Waals surface area contributed by atoms with E-state index in [1.165, 1.54) is 0 Å². The highest BCUT2D eigenvalue weighted by molar-refractivity contribution is 9.10. The van der Waals surface area contributed by atoms with E-state index in [2.05, 4.69) is 31.4 Å². The molecule has 0 atom stereocenters. The molecule has 3 aromatic rings. The third-order valence-electron chi connectivity index (χ3n) is 4.56. The van der Waals surface area contributed by atoms with Crippen molar-refractivity contribution >= 4 is 50.7 Å². The van der Waals surface area contributed by atoms with Gasteiger partial charge in [0.2, 0.25) is 5.91 Å². The molecular weight excluding hydrogens is 465 g/mol. The molecule has 3 rings (SSSR count). The minimum absolute atomic E-state index is 0.0775. The summed E-state index contributed by atoms with van der Waals surface area (Å²) in [5.74, 6) is -0.0775. The second kappa shape index (κ2) is 8.68. The number of hydrogen-bond acceptors (Lipinski definition) is 3. The van der Waals surface area contributed by atoms with Crippen LogP contribution in [0.15, 0.2) is 28.9 Å². The second-order valence-electron chi connectivity index (χ2n) is 6.55.